The number of halogens is 3. The molecule has 0 aromatic heterocycles. The minimum Gasteiger partial charge on any atom is -0.488 e. The van der Waals surface area contributed by atoms with Crippen LogP contribution in [0.4, 0.5) is 0 Å². The van der Waals surface area contributed by atoms with Crippen LogP contribution in [0.25, 0.3) is 0 Å². The summed E-state index contributed by atoms with van der Waals surface area (Å²) in [6.45, 7) is 3.61. The second-order valence-electron chi connectivity index (χ2n) is 6.66. The maximum atomic E-state index is 13.0. The quantitative estimate of drug-likeness (QED) is 0.742. The Morgan fingerprint density at radius 2 is 2.00 bits per heavy atom. The summed E-state index contributed by atoms with van der Waals surface area (Å²) in [6.07, 6.45) is 0.936. The smallest absolute Gasteiger partial charge is 0.257 e. The SMILES string of the molecule is CC1CC(CN)CN1C(=O)c1ccccc1OCc1ccc(Cl)cc1Cl.Cl. The summed E-state index contributed by atoms with van der Waals surface area (Å²) in [5.41, 5.74) is 7.15. The van der Waals surface area contributed by atoms with Crippen LogP contribution in [-0.4, -0.2) is 29.9 Å². The van der Waals surface area contributed by atoms with Gasteiger partial charge >= 0.3 is 0 Å². The van der Waals surface area contributed by atoms with Crippen molar-refractivity contribution in [1.82, 2.24) is 4.90 Å². The van der Waals surface area contributed by atoms with Gasteiger partial charge in [-0.15, -0.1) is 12.4 Å². The maximum Gasteiger partial charge on any atom is 0.257 e. The van der Waals surface area contributed by atoms with Gasteiger partial charge in [0, 0.05) is 28.2 Å². The molecule has 2 N–H and O–H groups in total. The fourth-order valence-electron chi connectivity index (χ4n) is 3.31. The molecule has 1 aliphatic heterocycles. The Morgan fingerprint density at radius 1 is 1.26 bits per heavy atom. The van der Waals surface area contributed by atoms with Gasteiger partial charge in [0.1, 0.15) is 12.4 Å². The fourth-order valence-corrected chi connectivity index (χ4v) is 3.78. The van der Waals surface area contributed by atoms with E-state index in [4.69, 9.17) is 33.7 Å². The molecule has 146 valence electrons. The van der Waals surface area contributed by atoms with Gasteiger partial charge in [-0.1, -0.05) is 41.4 Å². The van der Waals surface area contributed by atoms with E-state index in [1.807, 2.05) is 23.1 Å². The minimum atomic E-state index is -0.0220. The average molecular weight is 430 g/mol. The first-order valence-electron chi connectivity index (χ1n) is 8.66. The summed E-state index contributed by atoms with van der Waals surface area (Å²) in [5.74, 6) is 0.882. The van der Waals surface area contributed by atoms with E-state index in [2.05, 4.69) is 6.92 Å². The largest absolute Gasteiger partial charge is 0.488 e. The molecule has 0 bridgehead atoms. The number of amides is 1. The number of rotatable bonds is 5. The Bertz CT molecular complexity index is 801. The molecule has 1 heterocycles. The Kier molecular flexibility index (Phi) is 7.80. The number of ether oxygens (including phenoxy) is 1. The topological polar surface area (TPSA) is 55.6 Å². The molecule has 0 radical (unpaired) electrons. The van der Waals surface area contributed by atoms with Crippen molar-refractivity contribution in [2.75, 3.05) is 13.1 Å². The van der Waals surface area contributed by atoms with Gasteiger partial charge in [0.15, 0.2) is 0 Å². The van der Waals surface area contributed by atoms with E-state index in [9.17, 15) is 4.79 Å². The lowest BCUT2D eigenvalue weighted by Gasteiger charge is -2.23. The molecule has 2 unspecified atom stereocenters. The lowest BCUT2D eigenvalue weighted by molar-refractivity contribution is 0.0738. The van der Waals surface area contributed by atoms with Crippen molar-refractivity contribution in [2.45, 2.75) is 26.0 Å². The third kappa shape index (κ3) is 5.08. The van der Waals surface area contributed by atoms with Crippen LogP contribution in [-0.2, 0) is 6.61 Å². The van der Waals surface area contributed by atoms with Gasteiger partial charge in [-0.25, -0.2) is 0 Å². The number of hydrogen-bond donors (Lipinski definition) is 1. The Hall–Kier alpha value is -1.46. The number of carbonyl (C=O) groups is 1. The molecule has 0 spiro atoms. The van der Waals surface area contributed by atoms with Crippen molar-refractivity contribution >= 4 is 41.5 Å². The molecule has 1 amide bonds. The Labute approximate surface area is 176 Å². The van der Waals surface area contributed by atoms with Gasteiger partial charge in [-0.3, -0.25) is 4.79 Å². The van der Waals surface area contributed by atoms with Gasteiger partial charge in [0.25, 0.3) is 5.91 Å². The maximum absolute atomic E-state index is 13.0. The number of hydrogen-bond acceptors (Lipinski definition) is 3. The number of nitrogens with zero attached hydrogens (tertiary/aromatic N) is 1. The van der Waals surface area contributed by atoms with Crippen molar-refractivity contribution in [1.29, 1.82) is 0 Å². The number of carbonyl (C=O) groups excluding carboxylic acids is 1. The normalized spacial score (nSPS) is 18.9. The second kappa shape index (κ2) is 9.65. The molecule has 0 aliphatic carbocycles. The van der Waals surface area contributed by atoms with E-state index in [0.717, 1.165) is 12.0 Å². The third-order valence-corrected chi connectivity index (χ3v) is 5.36. The Morgan fingerprint density at radius 3 is 2.67 bits per heavy atom. The van der Waals surface area contributed by atoms with E-state index in [-0.39, 0.29) is 31.0 Å². The predicted molar refractivity (Wildman–Crippen MR) is 112 cm³/mol. The monoisotopic (exact) mass is 428 g/mol. The number of benzene rings is 2. The molecule has 2 aromatic carbocycles. The minimum absolute atomic E-state index is 0. The molecule has 4 nitrogen and oxygen atoms in total. The van der Waals surface area contributed by atoms with Crippen LogP contribution >= 0.6 is 35.6 Å². The molecule has 1 fully saturated rings. The number of para-hydroxylation sites is 1. The number of likely N-dealkylation sites (tertiary alicyclic amines) is 1. The van der Waals surface area contributed by atoms with Gasteiger partial charge in [-0.05, 0) is 50.1 Å². The summed E-state index contributed by atoms with van der Waals surface area (Å²) in [4.78, 5) is 14.9. The third-order valence-electron chi connectivity index (χ3n) is 4.77. The molecule has 2 atom stereocenters. The summed E-state index contributed by atoms with van der Waals surface area (Å²) in [5, 5.41) is 1.12. The summed E-state index contributed by atoms with van der Waals surface area (Å²) >= 11 is 12.1. The molecule has 1 aliphatic rings. The van der Waals surface area contributed by atoms with Crippen LogP contribution in [0.5, 0.6) is 5.75 Å². The summed E-state index contributed by atoms with van der Waals surface area (Å²) in [6, 6.07) is 12.7. The van der Waals surface area contributed by atoms with Crippen LogP contribution < -0.4 is 10.5 Å². The van der Waals surface area contributed by atoms with Crippen molar-refractivity contribution in [3.8, 4) is 5.75 Å². The average Bonchev–Trinajstić information content (AvgIpc) is 3.01. The molecule has 7 heteroatoms. The first-order chi connectivity index (χ1) is 12.5. The first kappa shape index (κ1) is 21.8. The van der Waals surface area contributed by atoms with Crippen LogP contribution in [0.2, 0.25) is 10.0 Å². The first-order valence-corrected chi connectivity index (χ1v) is 9.42. The predicted octanol–water partition coefficient (Wildman–Crippen LogP) is 4.80. The van der Waals surface area contributed by atoms with Gasteiger partial charge in [0.05, 0.1) is 5.56 Å². The zero-order valence-corrected chi connectivity index (χ0v) is 17.4. The highest BCUT2D eigenvalue weighted by Gasteiger charge is 2.33. The fraction of sp³-hybridized carbons (Fsp3) is 0.350. The zero-order valence-electron chi connectivity index (χ0n) is 15.0. The molecule has 27 heavy (non-hydrogen) atoms. The van der Waals surface area contributed by atoms with Crippen LogP contribution in [0.3, 0.4) is 0 Å². The van der Waals surface area contributed by atoms with Crippen molar-refractivity contribution in [3.63, 3.8) is 0 Å². The molecule has 1 saturated heterocycles. The van der Waals surface area contributed by atoms with E-state index >= 15 is 0 Å². The molecule has 3 rings (SSSR count). The van der Waals surface area contributed by atoms with Gasteiger partial charge in [0.2, 0.25) is 0 Å². The van der Waals surface area contributed by atoms with E-state index in [0.29, 0.717) is 40.4 Å². The summed E-state index contributed by atoms with van der Waals surface area (Å²) < 4.78 is 5.91. The van der Waals surface area contributed by atoms with Gasteiger partial charge < -0.3 is 15.4 Å². The lowest BCUT2D eigenvalue weighted by Crippen LogP contribution is -2.34. The standard InChI is InChI=1S/C20H22Cl2N2O2.ClH/c1-13-8-14(10-23)11-24(13)20(25)17-4-2-3-5-19(17)26-12-15-6-7-16(21)9-18(15)22;/h2-7,9,13-14H,8,10-12,23H2,1H3;1H. The van der Waals surface area contributed by atoms with E-state index < -0.39 is 0 Å². The molecular formula is C20H23Cl3N2O2. The second-order valence-corrected chi connectivity index (χ2v) is 7.51. The van der Waals surface area contributed by atoms with Gasteiger partial charge in [-0.2, -0.15) is 0 Å². The molecule has 2 aromatic rings. The van der Waals surface area contributed by atoms with E-state index in [1.165, 1.54) is 0 Å². The van der Waals surface area contributed by atoms with Crippen molar-refractivity contribution in [2.24, 2.45) is 11.7 Å². The van der Waals surface area contributed by atoms with E-state index in [1.54, 1.807) is 24.3 Å². The zero-order chi connectivity index (χ0) is 18.7. The number of nitrogens with two attached hydrogens (primary N) is 1. The highest BCUT2D eigenvalue weighted by Crippen LogP contribution is 2.29. The highest BCUT2D eigenvalue weighted by molar-refractivity contribution is 6.35. The summed E-state index contributed by atoms with van der Waals surface area (Å²) in [7, 11) is 0. The Balaban J connectivity index is 0.00000261. The molecular weight excluding hydrogens is 407 g/mol. The van der Waals surface area contributed by atoms with Crippen molar-refractivity contribution < 1.29 is 9.53 Å². The van der Waals surface area contributed by atoms with Crippen LogP contribution in [0, 0.1) is 5.92 Å². The van der Waals surface area contributed by atoms with Crippen LogP contribution in [0.1, 0.15) is 29.3 Å². The van der Waals surface area contributed by atoms with Crippen LogP contribution in [0.15, 0.2) is 42.5 Å². The highest BCUT2D eigenvalue weighted by atomic mass is 35.5. The molecule has 0 saturated carbocycles. The lowest BCUT2D eigenvalue weighted by atomic mass is 10.1. The van der Waals surface area contributed by atoms with Crippen molar-refractivity contribution in [3.05, 3.63) is 63.6 Å².